The van der Waals surface area contributed by atoms with Crippen LogP contribution in [0.1, 0.15) is 264 Å². The molecule has 0 spiro atoms. The Morgan fingerprint density at radius 2 is 0.625 bits per heavy atom. The summed E-state index contributed by atoms with van der Waals surface area (Å²) in [5, 5.41) is 8.97. The lowest BCUT2D eigenvalue weighted by Gasteiger charge is -2.18. The first kappa shape index (κ1) is 46.9. The number of carbonyl (C=O) groups excluding carboxylic acids is 1. The molecule has 0 saturated heterocycles. The fourth-order valence-electron chi connectivity index (χ4n) is 7.07. The molecular weight excluding hydrogens is 592 g/mol. The minimum atomic E-state index is -0.736. The quantitative estimate of drug-likeness (QED) is 0.0516. The first-order valence-corrected chi connectivity index (χ1v) is 22.0. The number of ether oxygens (including phenoxy) is 1. The molecule has 0 aliphatic rings. The molecule has 0 heterocycles. The van der Waals surface area contributed by atoms with Gasteiger partial charge in [-0.05, 0) is 38.5 Å². The lowest BCUT2D eigenvalue weighted by Crippen LogP contribution is -2.18. The van der Waals surface area contributed by atoms with Gasteiger partial charge in [0, 0.05) is 12.8 Å². The summed E-state index contributed by atoms with van der Waals surface area (Å²) in [6, 6.07) is 0. The summed E-state index contributed by atoms with van der Waals surface area (Å²) in [4.78, 5) is 23.5. The molecule has 1 N–H and O–H groups in total. The molecule has 0 amide bonds. The average Bonchev–Trinajstić information content (AvgIpc) is 3.07. The Balaban J connectivity index is 3.78. The average molecular weight is 679 g/mol. The monoisotopic (exact) mass is 679 g/mol. The van der Waals surface area contributed by atoms with Crippen molar-refractivity contribution in [3.05, 3.63) is 0 Å². The van der Waals surface area contributed by atoms with Crippen LogP contribution >= 0.6 is 0 Å². The molecule has 286 valence electrons. The van der Waals surface area contributed by atoms with Crippen molar-refractivity contribution in [2.24, 2.45) is 0 Å². The lowest BCUT2D eigenvalue weighted by molar-refractivity contribution is -0.150. The molecular formula is C44H86O4. The van der Waals surface area contributed by atoms with Crippen LogP contribution in [-0.2, 0) is 14.3 Å². The van der Waals surface area contributed by atoms with E-state index in [4.69, 9.17) is 9.84 Å². The van der Waals surface area contributed by atoms with E-state index in [0.717, 1.165) is 38.5 Å². The van der Waals surface area contributed by atoms with E-state index < -0.39 is 5.97 Å². The highest BCUT2D eigenvalue weighted by Crippen LogP contribution is 2.19. The first-order valence-electron chi connectivity index (χ1n) is 22.0. The van der Waals surface area contributed by atoms with E-state index in [-0.39, 0.29) is 18.5 Å². The molecule has 1 unspecified atom stereocenters. The van der Waals surface area contributed by atoms with Gasteiger partial charge in [0.15, 0.2) is 0 Å². The number of esters is 1. The normalized spacial score (nSPS) is 12.0. The zero-order valence-electron chi connectivity index (χ0n) is 32.8. The maximum Gasteiger partial charge on any atom is 0.306 e. The predicted molar refractivity (Wildman–Crippen MR) is 209 cm³/mol. The van der Waals surface area contributed by atoms with Crippen molar-refractivity contribution < 1.29 is 19.4 Å². The van der Waals surface area contributed by atoms with Crippen molar-refractivity contribution in [3.8, 4) is 0 Å². The largest absolute Gasteiger partial charge is 0.481 e. The van der Waals surface area contributed by atoms with Crippen molar-refractivity contribution >= 4 is 11.9 Å². The molecule has 0 aromatic carbocycles. The lowest BCUT2D eigenvalue weighted by atomic mass is 10.0. The number of unbranched alkanes of at least 4 members (excludes halogenated alkanes) is 32. The van der Waals surface area contributed by atoms with Crippen LogP contribution in [0.4, 0.5) is 0 Å². The minimum Gasteiger partial charge on any atom is -0.481 e. The van der Waals surface area contributed by atoms with Crippen LogP contribution in [0.5, 0.6) is 0 Å². The highest BCUT2D eigenvalue weighted by molar-refractivity contribution is 5.69. The van der Waals surface area contributed by atoms with Crippen LogP contribution in [0.15, 0.2) is 0 Å². The second kappa shape index (κ2) is 40.4. The summed E-state index contributed by atoms with van der Waals surface area (Å²) in [5.74, 6) is -0.782. The third-order valence-corrected chi connectivity index (χ3v) is 10.3. The summed E-state index contributed by atoms with van der Waals surface area (Å²) < 4.78 is 5.92. The van der Waals surface area contributed by atoms with Gasteiger partial charge in [-0.1, -0.05) is 213 Å². The summed E-state index contributed by atoms with van der Waals surface area (Å²) in [7, 11) is 0. The van der Waals surface area contributed by atoms with Crippen LogP contribution in [0.3, 0.4) is 0 Å². The number of carboxylic acids is 1. The van der Waals surface area contributed by atoms with Gasteiger partial charge in [-0.2, -0.15) is 0 Å². The van der Waals surface area contributed by atoms with E-state index in [9.17, 15) is 9.59 Å². The summed E-state index contributed by atoms with van der Waals surface area (Å²) in [5.41, 5.74) is 0. The summed E-state index contributed by atoms with van der Waals surface area (Å²) in [6.45, 7) is 4.57. The zero-order chi connectivity index (χ0) is 35.0. The Hall–Kier alpha value is -1.06. The van der Waals surface area contributed by atoms with Gasteiger partial charge in [0.05, 0.1) is 0 Å². The van der Waals surface area contributed by atoms with Gasteiger partial charge in [0.1, 0.15) is 6.10 Å². The molecule has 0 aromatic heterocycles. The van der Waals surface area contributed by atoms with Gasteiger partial charge in [0.2, 0.25) is 0 Å². The van der Waals surface area contributed by atoms with Crippen molar-refractivity contribution in [2.45, 2.75) is 270 Å². The zero-order valence-corrected chi connectivity index (χ0v) is 32.8. The van der Waals surface area contributed by atoms with E-state index in [1.54, 1.807) is 0 Å². The number of carbonyl (C=O) groups is 2. The number of carboxylic acid groups (broad SMARTS) is 1. The molecule has 0 rings (SSSR count). The van der Waals surface area contributed by atoms with E-state index in [1.807, 2.05) is 0 Å². The molecule has 1 atom stereocenters. The van der Waals surface area contributed by atoms with Crippen molar-refractivity contribution in [1.29, 1.82) is 0 Å². The Bertz CT molecular complexity index is 648. The van der Waals surface area contributed by atoms with Crippen LogP contribution in [0.2, 0.25) is 0 Å². The van der Waals surface area contributed by atoms with Crippen molar-refractivity contribution in [1.82, 2.24) is 0 Å². The first-order chi connectivity index (χ1) is 23.6. The molecule has 0 saturated carbocycles. The highest BCUT2D eigenvalue weighted by Gasteiger charge is 2.14. The molecule has 0 radical (unpaired) electrons. The third kappa shape index (κ3) is 39.4. The van der Waals surface area contributed by atoms with Gasteiger partial charge in [-0.15, -0.1) is 0 Å². The van der Waals surface area contributed by atoms with Crippen molar-refractivity contribution in [2.75, 3.05) is 0 Å². The van der Waals surface area contributed by atoms with Crippen LogP contribution in [0.25, 0.3) is 0 Å². The fraction of sp³-hybridized carbons (Fsp3) is 0.955. The molecule has 4 heteroatoms. The van der Waals surface area contributed by atoms with Gasteiger partial charge in [0.25, 0.3) is 0 Å². The maximum absolute atomic E-state index is 12.6. The SMILES string of the molecule is CCCCCCCCCCCCCCCCCCCC(=O)OC(CCCCCCCCCCCCCCCCCC)CCCCC(=O)O. The van der Waals surface area contributed by atoms with Crippen LogP contribution in [-0.4, -0.2) is 23.1 Å². The smallest absolute Gasteiger partial charge is 0.306 e. The molecule has 0 aliphatic carbocycles. The maximum atomic E-state index is 12.6. The standard InChI is InChI=1S/C44H86O4/c1-3-5-7-9-11-13-15-17-19-21-23-25-27-29-31-33-35-41-44(47)48-42(39-36-37-40-43(45)46)38-34-32-30-28-26-24-22-20-18-16-14-12-10-8-6-4-2/h42H,3-41H2,1-2H3,(H,45,46). The van der Waals surface area contributed by atoms with Gasteiger partial charge >= 0.3 is 11.9 Å². The third-order valence-electron chi connectivity index (χ3n) is 10.3. The van der Waals surface area contributed by atoms with Gasteiger partial charge < -0.3 is 9.84 Å². The van der Waals surface area contributed by atoms with E-state index in [1.165, 1.54) is 193 Å². The fourth-order valence-corrected chi connectivity index (χ4v) is 7.07. The Kier molecular flexibility index (Phi) is 39.5. The van der Waals surface area contributed by atoms with Gasteiger partial charge in [-0.25, -0.2) is 0 Å². The molecule has 0 aliphatic heterocycles. The highest BCUT2D eigenvalue weighted by atomic mass is 16.5. The molecule has 0 aromatic rings. The van der Waals surface area contributed by atoms with Crippen LogP contribution < -0.4 is 0 Å². The predicted octanol–water partition coefficient (Wildman–Crippen LogP) is 15.2. The summed E-state index contributed by atoms with van der Waals surface area (Å²) >= 11 is 0. The number of rotatable bonds is 41. The summed E-state index contributed by atoms with van der Waals surface area (Å²) in [6.07, 6.45) is 48.5. The van der Waals surface area contributed by atoms with E-state index in [0.29, 0.717) is 12.8 Å². The Labute approximate surface area is 301 Å². The number of hydrogen-bond donors (Lipinski definition) is 1. The molecule has 0 fully saturated rings. The minimum absolute atomic E-state index is 0.0382. The molecule has 4 nitrogen and oxygen atoms in total. The van der Waals surface area contributed by atoms with E-state index in [2.05, 4.69) is 13.8 Å². The second-order valence-corrected chi connectivity index (χ2v) is 15.3. The number of aliphatic carboxylic acids is 1. The second-order valence-electron chi connectivity index (χ2n) is 15.3. The van der Waals surface area contributed by atoms with Crippen LogP contribution in [0, 0.1) is 0 Å². The Morgan fingerprint density at radius 3 is 0.938 bits per heavy atom. The van der Waals surface area contributed by atoms with E-state index >= 15 is 0 Å². The van der Waals surface area contributed by atoms with Crippen molar-refractivity contribution in [3.63, 3.8) is 0 Å². The Morgan fingerprint density at radius 1 is 0.375 bits per heavy atom. The van der Waals surface area contributed by atoms with Gasteiger partial charge in [-0.3, -0.25) is 9.59 Å². The molecule has 0 bridgehead atoms. The topological polar surface area (TPSA) is 63.6 Å². The number of hydrogen-bond acceptors (Lipinski definition) is 3. The molecule has 48 heavy (non-hydrogen) atoms.